The van der Waals surface area contributed by atoms with Gasteiger partial charge in [0.2, 0.25) is 5.88 Å². The lowest BCUT2D eigenvalue weighted by molar-refractivity contribution is 0.566. The average Bonchev–Trinajstić information content (AvgIpc) is 2.93. The molecular formula is C16H14ClIN3OP. The maximum atomic E-state index is 5.93. The zero-order valence-corrected chi connectivity index (χ0v) is 16.2. The molecule has 118 valence electrons. The van der Waals surface area contributed by atoms with Gasteiger partial charge in [0.15, 0.2) is 5.82 Å². The molecule has 2 aromatic heterocycles. The van der Waals surface area contributed by atoms with Gasteiger partial charge in [-0.2, -0.15) is 9.78 Å². The highest BCUT2D eigenvalue weighted by Gasteiger charge is 2.12. The second-order valence-corrected chi connectivity index (χ2v) is 7.12. The molecular weight excluding hydrogens is 444 g/mol. The summed E-state index contributed by atoms with van der Waals surface area (Å²) >= 11 is 8.19. The van der Waals surface area contributed by atoms with E-state index < -0.39 is 0 Å². The molecule has 4 nitrogen and oxygen atoms in total. The molecule has 0 fully saturated rings. The first-order valence-corrected chi connectivity index (χ1v) is 9.81. The fourth-order valence-electron chi connectivity index (χ4n) is 2.16. The normalized spacial score (nSPS) is 11.3. The van der Waals surface area contributed by atoms with Crippen molar-refractivity contribution in [1.82, 2.24) is 14.8 Å². The smallest absolute Gasteiger partial charge is 0.220 e. The van der Waals surface area contributed by atoms with Crippen LogP contribution in [0.4, 0.5) is 0 Å². The summed E-state index contributed by atoms with van der Waals surface area (Å²) in [4.78, 5) is 4.39. The van der Waals surface area contributed by atoms with Gasteiger partial charge >= 0.3 is 0 Å². The quantitative estimate of drug-likeness (QED) is 0.411. The molecule has 0 radical (unpaired) electrons. The van der Waals surface area contributed by atoms with Crippen LogP contribution in [0.1, 0.15) is 11.3 Å². The van der Waals surface area contributed by atoms with Gasteiger partial charge in [-0.3, -0.25) is 0 Å². The van der Waals surface area contributed by atoms with Crippen molar-refractivity contribution < 1.29 is 4.52 Å². The maximum Gasteiger partial charge on any atom is 0.220 e. The highest BCUT2D eigenvalue weighted by atomic mass is 127. The van der Waals surface area contributed by atoms with Gasteiger partial charge in [-0.05, 0) is 59.1 Å². The lowest BCUT2D eigenvalue weighted by Crippen LogP contribution is -2.02. The van der Waals surface area contributed by atoms with Crippen LogP contribution < -0.4 is 4.52 Å². The van der Waals surface area contributed by atoms with Crippen molar-refractivity contribution in [2.24, 2.45) is 0 Å². The molecule has 1 atom stereocenters. The Morgan fingerprint density at radius 2 is 2.00 bits per heavy atom. The van der Waals surface area contributed by atoms with Crippen LogP contribution in [0.25, 0.3) is 5.82 Å². The maximum absolute atomic E-state index is 5.93. The summed E-state index contributed by atoms with van der Waals surface area (Å²) in [5.74, 6) is 1.47. The molecule has 0 aliphatic heterocycles. The summed E-state index contributed by atoms with van der Waals surface area (Å²) in [6.45, 7) is 1.98. The molecule has 0 N–H and O–H groups in total. The molecule has 0 amide bonds. The van der Waals surface area contributed by atoms with E-state index in [1.54, 1.807) is 10.9 Å². The van der Waals surface area contributed by atoms with E-state index in [4.69, 9.17) is 16.1 Å². The molecule has 0 bridgehead atoms. The van der Waals surface area contributed by atoms with Crippen LogP contribution in [-0.2, 0) is 6.42 Å². The number of hydrogen-bond donors (Lipinski definition) is 0. The molecule has 0 aliphatic rings. The Hall–Kier alpha value is -1.17. The van der Waals surface area contributed by atoms with Gasteiger partial charge in [-0.25, -0.2) is 4.98 Å². The number of aromatic nitrogens is 3. The van der Waals surface area contributed by atoms with Crippen molar-refractivity contribution in [3.8, 4) is 11.7 Å². The molecule has 0 spiro atoms. The minimum atomic E-state index is 0.345. The SMILES string of the molecule is CPOc1cc(Cc2ccc(Cl)cc2)nn1-c1cc(I)ccn1. The van der Waals surface area contributed by atoms with Gasteiger partial charge in [-0.1, -0.05) is 23.7 Å². The standard InChI is InChI=1S/C16H14ClIN3OP/c1-23-22-16-10-14(8-11-2-4-12(17)5-3-11)20-21(16)15-9-13(18)6-7-19-15/h2-7,9-10,23H,8H2,1H3. The highest BCUT2D eigenvalue weighted by Crippen LogP contribution is 2.25. The Labute approximate surface area is 155 Å². The molecule has 7 heteroatoms. The number of pyridine rings is 1. The number of benzene rings is 1. The van der Waals surface area contributed by atoms with E-state index in [0.717, 1.165) is 32.1 Å². The molecule has 3 aromatic rings. The Morgan fingerprint density at radius 1 is 1.22 bits per heavy atom. The summed E-state index contributed by atoms with van der Waals surface area (Å²) in [7, 11) is 0.345. The zero-order valence-electron chi connectivity index (χ0n) is 12.3. The van der Waals surface area contributed by atoms with E-state index in [-0.39, 0.29) is 0 Å². The van der Waals surface area contributed by atoms with Crippen LogP contribution in [0.2, 0.25) is 5.02 Å². The van der Waals surface area contributed by atoms with E-state index >= 15 is 0 Å². The predicted octanol–water partition coefficient (Wildman–Crippen LogP) is 4.72. The zero-order chi connectivity index (χ0) is 16.2. The molecule has 3 rings (SSSR count). The van der Waals surface area contributed by atoms with Gasteiger partial charge in [0.25, 0.3) is 0 Å². The average molecular weight is 458 g/mol. The molecule has 1 unspecified atom stereocenters. The first-order valence-electron chi connectivity index (χ1n) is 6.94. The summed E-state index contributed by atoms with van der Waals surface area (Å²) < 4.78 is 8.59. The van der Waals surface area contributed by atoms with Crippen molar-refractivity contribution in [1.29, 1.82) is 0 Å². The third kappa shape index (κ3) is 4.22. The number of halogens is 2. The number of nitrogens with zero attached hydrogens (tertiary/aromatic N) is 3. The van der Waals surface area contributed by atoms with Crippen molar-refractivity contribution in [3.05, 3.63) is 68.5 Å². The largest absolute Gasteiger partial charge is 0.460 e. The van der Waals surface area contributed by atoms with Crippen LogP contribution in [0, 0.1) is 3.57 Å². The monoisotopic (exact) mass is 457 g/mol. The first-order chi connectivity index (χ1) is 11.2. The van der Waals surface area contributed by atoms with Crippen molar-refractivity contribution in [2.45, 2.75) is 6.42 Å². The minimum absolute atomic E-state index is 0.345. The van der Waals surface area contributed by atoms with Crippen LogP contribution in [-0.4, -0.2) is 21.4 Å². The molecule has 2 heterocycles. The number of hydrogen-bond acceptors (Lipinski definition) is 3. The summed E-state index contributed by atoms with van der Waals surface area (Å²) in [5.41, 5.74) is 2.08. The van der Waals surface area contributed by atoms with Crippen molar-refractivity contribution >= 4 is 43.0 Å². The van der Waals surface area contributed by atoms with E-state index in [9.17, 15) is 0 Å². The van der Waals surface area contributed by atoms with E-state index in [0.29, 0.717) is 14.7 Å². The summed E-state index contributed by atoms with van der Waals surface area (Å²) in [6, 6.07) is 13.7. The van der Waals surface area contributed by atoms with Gasteiger partial charge in [0.05, 0.1) is 14.5 Å². The Kier molecular flexibility index (Phi) is 5.51. The third-order valence-corrected chi connectivity index (χ3v) is 4.49. The molecule has 1 aromatic carbocycles. The summed E-state index contributed by atoms with van der Waals surface area (Å²) in [6.07, 6.45) is 2.49. The van der Waals surface area contributed by atoms with Gasteiger partial charge in [-0.15, -0.1) is 0 Å². The van der Waals surface area contributed by atoms with Crippen molar-refractivity contribution in [2.75, 3.05) is 6.66 Å². The predicted molar refractivity (Wildman–Crippen MR) is 103 cm³/mol. The fourth-order valence-corrected chi connectivity index (χ4v) is 3.08. The number of rotatable bonds is 5. The topological polar surface area (TPSA) is 39.9 Å². The third-order valence-electron chi connectivity index (χ3n) is 3.16. The summed E-state index contributed by atoms with van der Waals surface area (Å²) in [5, 5.41) is 5.39. The lowest BCUT2D eigenvalue weighted by Gasteiger charge is -2.06. The van der Waals surface area contributed by atoms with E-state index in [1.165, 1.54) is 0 Å². The van der Waals surface area contributed by atoms with Gasteiger partial charge in [0, 0.05) is 27.3 Å². The first kappa shape index (κ1) is 16.7. The van der Waals surface area contributed by atoms with Crippen LogP contribution in [0.5, 0.6) is 5.88 Å². The molecule has 0 saturated carbocycles. The van der Waals surface area contributed by atoms with E-state index in [1.807, 2.05) is 49.1 Å². The second kappa shape index (κ2) is 7.60. The van der Waals surface area contributed by atoms with Crippen LogP contribution in [0.15, 0.2) is 48.7 Å². The van der Waals surface area contributed by atoms with E-state index in [2.05, 4.69) is 32.7 Å². The molecule has 0 aliphatic carbocycles. The minimum Gasteiger partial charge on any atom is -0.460 e. The lowest BCUT2D eigenvalue weighted by atomic mass is 10.1. The highest BCUT2D eigenvalue weighted by molar-refractivity contribution is 14.1. The molecule has 0 saturated heterocycles. The second-order valence-electron chi connectivity index (χ2n) is 4.83. The Balaban J connectivity index is 1.93. The fraction of sp³-hybridized carbons (Fsp3) is 0.125. The van der Waals surface area contributed by atoms with Gasteiger partial charge < -0.3 is 4.52 Å². The Bertz CT molecular complexity index is 807. The van der Waals surface area contributed by atoms with Crippen molar-refractivity contribution in [3.63, 3.8) is 0 Å². The molecule has 23 heavy (non-hydrogen) atoms. The van der Waals surface area contributed by atoms with Crippen LogP contribution in [0.3, 0.4) is 0 Å². The van der Waals surface area contributed by atoms with Crippen LogP contribution >= 0.6 is 43.0 Å². The Morgan fingerprint density at radius 3 is 2.70 bits per heavy atom. The van der Waals surface area contributed by atoms with Gasteiger partial charge in [0.1, 0.15) is 0 Å².